The number of fused-ring (bicyclic) bond motifs is 3. The minimum absolute atomic E-state index is 0.0373. The van der Waals surface area contributed by atoms with Crippen LogP contribution in [-0.4, -0.2) is 29.6 Å². The molecule has 1 aliphatic heterocycles. The van der Waals surface area contributed by atoms with Gasteiger partial charge in [0.25, 0.3) is 11.6 Å². The zero-order valence-corrected chi connectivity index (χ0v) is 18.5. The van der Waals surface area contributed by atoms with Gasteiger partial charge in [0, 0.05) is 29.4 Å². The van der Waals surface area contributed by atoms with Gasteiger partial charge in [0.2, 0.25) is 0 Å². The van der Waals surface area contributed by atoms with Gasteiger partial charge in [-0.2, -0.15) is 0 Å². The topological polar surface area (TPSA) is 76.1 Å². The van der Waals surface area contributed by atoms with Crippen LogP contribution in [0.25, 0.3) is 0 Å². The number of hydrogen-bond acceptors (Lipinski definition) is 5. The quantitative estimate of drug-likeness (QED) is 0.556. The molecule has 1 fully saturated rings. The SMILES string of the molecule is COC12OC1(O)C(=C1C=C(C(C)(C)C)C(=O)C(C(C)(C)C)=C1)C(=O)c1ccccc12. The van der Waals surface area contributed by atoms with E-state index in [9.17, 15) is 14.7 Å². The molecule has 3 aliphatic rings. The van der Waals surface area contributed by atoms with E-state index in [1.165, 1.54) is 7.11 Å². The molecule has 1 saturated heterocycles. The second-order valence-corrected chi connectivity index (χ2v) is 10.2. The number of carbonyl (C=O) groups excluding carboxylic acids is 2. The summed E-state index contributed by atoms with van der Waals surface area (Å²) in [6.07, 6.45) is 3.44. The molecular formula is C25H28O5. The van der Waals surface area contributed by atoms with Crippen LogP contribution in [0.5, 0.6) is 0 Å². The lowest BCUT2D eigenvalue weighted by atomic mass is 9.70. The van der Waals surface area contributed by atoms with Crippen molar-refractivity contribution in [2.24, 2.45) is 10.8 Å². The second kappa shape index (κ2) is 6.10. The maximum atomic E-state index is 13.5. The van der Waals surface area contributed by atoms with Crippen LogP contribution in [-0.2, 0) is 20.1 Å². The predicted molar refractivity (Wildman–Crippen MR) is 113 cm³/mol. The summed E-state index contributed by atoms with van der Waals surface area (Å²) in [7, 11) is 1.45. The van der Waals surface area contributed by atoms with Gasteiger partial charge in [-0.15, -0.1) is 0 Å². The van der Waals surface area contributed by atoms with Crippen molar-refractivity contribution in [3.8, 4) is 0 Å². The van der Waals surface area contributed by atoms with Gasteiger partial charge >= 0.3 is 0 Å². The molecule has 4 rings (SSSR count). The molecule has 1 aromatic carbocycles. The molecule has 0 aromatic heterocycles. The molecule has 30 heavy (non-hydrogen) atoms. The van der Waals surface area contributed by atoms with Crippen molar-refractivity contribution in [1.29, 1.82) is 0 Å². The molecule has 0 saturated carbocycles. The molecule has 0 spiro atoms. The smallest absolute Gasteiger partial charge is 0.261 e. The lowest BCUT2D eigenvalue weighted by Gasteiger charge is -2.33. The highest BCUT2D eigenvalue weighted by molar-refractivity contribution is 6.16. The maximum absolute atomic E-state index is 13.5. The van der Waals surface area contributed by atoms with E-state index in [1.54, 1.807) is 36.4 Å². The predicted octanol–water partition coefficient (Wildman–Crippen LogP) is 4.23. The third-order valence-electron chi connectivity index (χ3n) is 6.07. The summed E-state index contributed by atoms with van der Waals surface area (Å²) < 4.78 is 11.3. The van der Waals surface area contributed by atoms with Gasteiger partial charge in [0.05, 0.1) is 5.57 Å². The standard InChI is InChI=1S/C25H28O5/c1-22(2,3)17-12-14(13-18(21(17)27)23(4,5)6)19-20(26)15-10-8-9-11-16(15)25(29-7)24(19,28)30-25/h8-13,28H,1-7H3. The summed E-state index contributed by atoms with van der Waals surface area (Å²) >= 11 is 0. The number of ketones is 2. The summed E-state index contributed by atoms with van der Waals surface area (Å²) in [5, 5.41) is 11.4. The van der Waals surface area contributed by atoms with Crippen LogP contribution in [0.2, 0.25) is 0 Å². The molecule has 5 nitrogen and oxygen atoms in total. The molecule has 2 aliphatic carbocycles. The fourth-order valence-corrected chi connectivity index (χ4v) is 4.40. The van der Waals surface area contributed by atoms with Gasteiger partial charge in [-0.3, -0.25) is 14.3 Å². The van der Waals surface area contributed by atoms with E-state index in [0.29, 0.717) is 27.8 Å². The molecular weight excluding hydrogens is 380 g/mol. The number of hydrogen-bond donors (Lipinski definition) is 1. The van der Waals surface area contributed by atoms with Crippen LogP contribution in [0.4, 0.5) is 0 Å². The molecule has 1 aromatic rings. The Morgan fingerprint density at radius 1 is 0.900 bits per heavy atom. The van der Waals surface area contributed by atoms with Crippen LogP contribution >= 0.6 is 0 Å². The van der Waals surface area contributed by atoms with Gasteiger partial charge in [-0.25, -0.2) is 0 Å². The molecule has 0 radical (unpaired) electrons. The number of aliphatic hydroxyl groups is 1. The zero-order chi connectivity index (χ0) is 22.3. The Labute approximate surface area is 177 Å². The first-order valence-electron chi connectivity index (χ1n) is 10.1. The third-order valence-corrected chi connectivity index (χ3v) is 6.07. The van der Waals surface area contributed by atoms with Crippen molar-refractivity contribution in [3.05, 3.63) is 69.8 Å². The Kier molecular flexibility index (Phi) is 4.25. The molecule has 0 bridgehead atoms. The minimum Gasteiger partial charge on any atom is -0.357 e. The number of epoxide rings is 1. The Hall–Kier alpha value is -2.34. The normalized spacial score (nSPS) is 28.7. The van der Waals surface area contributed by atoms with Crippen LogP contribution in [0.15, 0.2) is 58.7 Å². The van der Waals surface area contributed by atoms with Crippen molar-refractivity contribution in [2.45, 2.75) is 53.1 Å². The van der Waals surface area contributed by atoms with Gasteiger partial charge in [0.15, 0.2) is 11.6 Å². The number of ether oxygens (including phenoxy) is 2. The molecule has 1 N–H and O–H groups in total. The molecule has 2 atom stereocenters. The fraction of sp³-hybridized carbons (Fsp3) is 0.440. The average Bonchev–Trinajstić information content (AvgIpc) is 3.28. The van der Waals surface area contributed by atoms with Crippen molar-refractivity contribution >= 4 is 11.6 Å². The first kappa shape index (κ1) is 20.9. The highest BCUT2D eigenvalue weighted by Gasteiger charge is 2.79. The largest absolute Gasteiger partial charge is 0.357 e. The number of methoxy groups -OCH3 is 1. The van der Waals surface area contributed by atoms with Gasteiger partial charge in [-0.1, -0.05) is 65.8 Å². The lowest BCUT2D eigenvalue weighted by Crippen LogP contribution is -2.38. The van der Waals surface area contributed by atoms with E-state index >= 15 is 0 Å². The van der Waals surface area contributed by atoms with Gasteiger partial charge in [-0.05, 0) is 28.6 Å². The van der Waals surface area contributed by atoms with Gasteiger partial charge in [0.1, 0.15) is 0 Å². The summed E-state index contributed by atoms with van der Waals surface area (Å²) in [6.45, 7) is 11.8. The number of Topliss-reactive ketones (excluding diaryl/α,β-unsaturated/α-hetero) is 2. The monoisotopic (exact) mass is 408 g/mol. The molecule has 158 valence electrons. The number of allylic oxidation sites excluding steroid dienone is 5. The number of benzene rings is 1. The minimum atomic E-state index is -1.90. The summed E-state index contributed by atoms with van der Waals surface area (Å²) in [5.41, 5.74) is 1.86. The third kappa shape index (κ3) is 2.66. The van der Waals surface area contributed by atoms with Crippen molar-refractivity contribution in [1.82, 2.24) is 0 Å². The zero-order valence-electron chi connectivity index (χ0n) is 18.5. The fourth-order valence-electron chi connectivity index (χ4n) is 4.40. The van der Waals surface area contributed by atoms with Crippen LogP contribution in [0, 0.1) is 10.8 Å². The van der Waals surface area contributed by atoms with Crippen LogP contribution in [0.1, 0.15) is 57.5 Å². The maximum Gasteiger partial charge on any atom is 0.261 e. The van der Waals surface area contributed by atoms with E-state index in [1.807, 2.05) is 41.5 Å². The number of carbonyl (C=O) groups is 2. The average molecular weight is 408 g/mol. The van der Waals surface area contributed by atoms with E-state index in [2.05, 4.69) is 0 Å². The van der Waals surface area contributed by atoms with Crippen molar-refractivity contribution in [3.63, 3.8) is 0 Å². The summed E-state index contributed by atoms with van der Waals surface area (Å²) in [4.78, 5) is 26.8. The Morgan fingerprint density at radius 3 is 1.93 bits per heavy atom. The van der Waals surface area contributed by atoms with Crippen molar-refractivity contribution < 1.29 is 24.2 Å². The van der Waals surface area contributed by atoms with E-state index in [0.717, 1.165) is 0 Å². The summed E-state index contributed by atoms with van der Waals surface area (Å²) in [5.74, 6) is -3.68. The molecule has 5 heteroatoms. The Bertz CT molecular complexity index is 1040. The highest BCUT2D eigenvalue weighted by atomic mass is 16.9. The molecule has 0 amide bonds. The Morgan fingerprint density at radius 2 is 1.43 bits per heavy atom. The second-order valence-electron chi connectivity index (χ2n) is 10.2. The van der Waals surface area contributed by atoms with Crippen LogP contribution in [0.3, 0.4) is 0 Å². The molecule has 2 unspecified atom stereocenters. The number of rotatable bonds is 1. The highest BCUT2D eigenvalue weighted by Crippen LogP contribution is 2.63. The molecule has 1 heterocycles. The first-order valence-corrected chi connectivity index (χ1v) is 10.1. The Balaban J connectivity index is 2.04. The van der Waals surface area contributed by atoms with E-state index < -0.39 is 22.4 Å². The van der Waals surface area contributed by atoms with E-state index in [-0.39, 0.29) is 17.1 Å². The van der Waals surface area contributed by atoms with Crippen LogP contribution < -0.4 is 0 Å². The summed E-state index contributed by atoms with van der Waals surface area (Å²) in [6, 6.07) is 6.98. The van der Waals surface area contributed by atoms with E-state index in [4.69, 9.17) is 9.47 Å². The van der Waals surface area contributed by atoms with Crippen molar-refractivity contribution in [2.75, 3.05) is 7.11 Å². The lowest BCUT2D eigenvalue weighted by molar-refractivity contribution is -0.114. The first-order chi connectivity index (χ1) is 13.8. The van der Waals surface area contributed by atoms with Gasteiger partial charge < -0.3 is 9.84 Å².